The van der Waals surface area contributed by atoms with Crippen LogP contribution in [0.1, 0.15) is 12.5 Å². The number of fused-ring (bicyclic) bond motifs is 1. The fourth-order valence-corrected chi connectivity index (χ4v) is 2.30. The first kappa shape index (κ1) is 10.7. The number of hydrogen-bond donors (Lipinski definition) is 0. The van der Waals surface area contributed by atoms with Crippen LogP contribution in [-0.2, 0) is 11.8 Å². The van der Waals surface area contributed by atoms with Crippen molar-refractivity contribution in [2.24, 2.45) is 7.05 Å². The maximum Gasteiger partial charge on any atom is 0.330 e. The maximum absolute atomic E-state index is 12.1. The second-order valence-corrected chi connectivity index (χ2v) is 4.41. The van der Waals surface area contributed by atoms with Crippen molar-refractivity contribution >= 4 is 22.8 Å². The summed E-state index contributed by atoms with van der Waals surface area (Å²) in [6.45, 7) is 1.22. The van der Waals surface area contributed by atoms with Crippen molar-refractivity contribution in [3.8, 4) is 0 Å². The first-order valence-corrected chi connectivity index (χ1v) is 5.73. The second-order valence-electron chi connectivity index (χ2n) is 4.08. The van der Waals surface area contributed by atoms with E-state index in [-0.39, 0.29) is 17.0 Å². The van der Waals surface area contributed by atoms with Crippen LogP contribution in [0.15, 0.2) is 11.0 Å². The van der Waals surface area contributed by atoms with Crippen LogP contribution in [0.3, 0.4) is 0 Å². The van der Waals surface area contributed by atoms with Crippen LogP contribution in [0, 0.1) is 0 Å². The molecule has 0 spiro atoms. The van der Waals surface area contributed by atoms with Gasteiger partial charge in [-0.2, -0.15) is 4.98 Å². The molecule has 2 aromatic heterocycles. The standard InChI is InChI=1S/C10H11ClN4O2/c1-14-7-4-12-9(11)13-8(7)15(10(14)16)6-2-3-17-5-6/h4,6H,2-3,5H2,1H3/t6-/m1/s1. The molecule has 1 aliphatic heterocycles. The molecule has 90 valence electrons. The highest BCUT2D eigenvalue weighted by atomic mass is 35.5. The molecular formula is C10H11ClN4O2. The van der Waals surface area contributed by atoms with E-state index < -0.39 is 0 Å². The molecule has 0 aliphatic carbocycles. The number of imidazole rings is 1. The molecule has 0 aromatic carbocycles. The summed E-state index contributed by atoms with van der Waals surface area (Å²) in [5.74, 6) is 0. The number of nitrogens with zero attached hydrogens (tertiary/aromatic N) is 4. The fraction of sp³-hybridized carbons (Fsp3) is 0.500. The molecule has 1 aliphatic rings. The van der Waals surface area contributed by atoms with Gasteiger partial charge < -0.3 is 4.74 Å². The van der Waals surface area contributed by atoms with Crippen molar-refractivity contribution in [2.45, 2.75) is 12.5 Å². The monoisotopic (exact) mass is 254 g/mol. The summed E-state index contributed by atoms with van der Waals surface area (Å²) in [6, 6.07) is 0.0390. The molecule has 0 bridgehead atoms. The van der Waals surface area contributed by atoms with E-state index >= 15 is 0 Å². The summed E-state index contributed by atoms with van der Waals surface area (Å²) >= 11 is 5.78. The Balaban J connectivity index is 2.31. The molecule has 0 radical (unpaired) electrons. The van der Waals surface area contributed by atoms with Gasteiger partial charge >= 0.3 is 5.69 Å². The lowest BCUT2D eigenvalue weighted by Gasteiger charge is -2.08. The molecule has 1 saturated heterocycles. The van der Waals surface area contributed by atoms with Crippen LogP contribution in [0.4, 0.5) is 0 Å². The second kappa shape index (κ2) is 3.82. The Morgan fingerprint density at radius 1 is 1.59 bits per heavy atom. The van der Waals surface area contributed by atoms with E-state index in [0.717, 1.165) is 6.42 Å². The minimum Gasteiger partial charge on any atom is -0.379 e. The van der Waals surface area contributed by atoms with Crippen molar-refractivity contribution in [2.75, 3.05) is 13.2 Å². The van der Waals surface area contributed by atoms with E-state index in [2.05, 4.69) is 9.97 Å². The first-order valence-electron chi connectivity index (χ1n) is 5.35. The molecule has 2 aromatic rings. The van der Waals surface area contributed by atoms with Crippen molar-refractivity contribution in [1.29, 1.82) is 0 Å². The number of rotatable bonds is 1. The lowest BCUT2D eigenvalue weighted by atomic mass is 10.2. The number of aromatic nitrogens is 4. The van der Waals surface area contributed by atoms with Gasteiger partial charge in [-0.3, -0.25) is 9.13 Å². The maximum atomic E-state index is 12.1. The summed E-state index contributed by atoms with van der Waals surface area (Å²) in [4.78, 5) is 20.2. The predicted molar refractivity (Wildman–Crippen MR) is 62.3 cm³/mol. The lowest BCUT2D eigenvalue weighted by Crippen LogP contribution is -2.26. The van der Waals surface area contributed by atoms with Gasteiger partial charge in [0.15, 0.2) is 5.65 Å². The van der Waals surface area contributed by atoms with Gasteiger partial charge in [0.05, 0.1) is 18.8 Å². The number of hydrogen-bond acceptors (Lipinski definition) is 4. The molecule has 7 heteroatoms. The Labute approximate surface area is 102 Å². The van der Waals surface area contributed by atoms with E-state index in [4.69, 9.17) is 16.3 Å². The smallest absolute Gasteiger partial charge is 0.330 e. The third-order valence-electron chi connectivity index (χ3n) is 3.07. The van der Waals surface area contributed by atoms with Crippen LogP contribution in [0.2, 0.25) is 5.28 Å². The minimum absolute atomic E-state index is 0.0390. The Kier molecular flexibility index (Phi) is 2.41. The van der Waals surface area contributed by atoms with Gasteiger partial charge in [0, 0.05) is 13.7 Å². The summed E-state index contributed by atoms with van der Waals surface area (Å²) < 4.78 is 8.49. The molecule has 17 heavy (non-hydrogen) atoms. The highest BCUT2D eigenvalue weighted by molar-refractivity contribution is 6.28. The highest BCUT2D eigenvalue weighted by Crippen LogP contribution is 2.21. The zero-order valence-electron chi connectivity index (χ0n) is 9.26. The predicted octanol–water partition coefficient (Wildman–Crippen LogP) is 0.745. The number of ether oxygens (including phenoxy) is 1. The van der Waals surface area contributed by atoms with Crippen molar-refractivity contribution in [1.82, 2.24) is 19.1 Å². The molecule has 0 unspecified atom stereocenters. The highest BCUT2D eigenvalue weighted by Gasteiger charge is 2.24. The summed E-state index contributed by atoms with van der Waals surface area (Å²) in [7, 11) is 1.70. The minimum atomic E-state index is -0.105. The van der Waals surface area contributed by atoms with Gasteiger partial charge in [-0.15, -0.1) is 0 Å². The van der Waals surface area contributed by atoms with Gasteiger partial charge in [-0.05, 0) is 18.0 Å². The fourth-order valence-electron chi connectivity index (χ4n) is 2.17. The van der Waals surface area contributed by atoms with Gasteiger partial charge in [0.2, 0.25) is 5.28 Å². The van der Waals surface area contributed by atoms with Gasteiger partial charge in [-0.1, -0.05) is 0 Å². The molecular weight excluding hydrogens is 244 g/mol. The Bertz CT molecular complexity index is 627. The molecule has 0 N–H and O–H groups in total. The van der Waals surface area contributed by atoms with Crippen molar-refractivity contribution in [3.63, 3.8) is 0 Å². The molecule has 1 fully saturated rings. The van der Waals surface area contributed by atoms with E-state index in [1.165, 1.54) is 4.57 Å². The summed E-state index contributed by atoms with van der Waals surface area (Å²) in [5.41, 5.74) is 1.16. The van der Waals surface area contributed by atoms with Crippen molar-refractivity contribution in [3.05, 3.63) is 22.0 Å². The van der Waals surface area contributed by atoms with Gasteiger partial charge in [-0.25, -0.2) is 9.78 Å². The topological polar surface area (TPSA) is 61.9 Å². The molecule has 3 heterocycles. The zero-order chi connectivity index (χ0) is 12.0. The number of halogens is 1. The molecule has 6 nitrogen and oxygen atoms in total. The van der Waals surface area contributed by atoms with Crippen molar-refractivity contribution < 1.29 is 4.74 Å². The normalized spacial score (nSPS) is 20.2. The molecule has 0 saturated carbocycles. The number of aryl methyl sites for hydroxylation is 1. The summed E-state index contributed by atoms with van der Waals surface area (Å²) in [6.07, 6.45) is 2.39. The zero-order valence-corrected chi connectivity index (χ0v) is 10.0. The Hall–Kier alpha value is -1.40. The van der Waals surface area contributed by atoms with Crippen LogP contribution in [-0.4, -0.2) is 32.3 Å². The van der Waals surface area contributed by atoms with E-state index in [1.807, 2.05) is 0 Å². The van der Waals surface area contributed by atoms with Crippen LogP contribution in [0.25, 0.3) is 11.2 Å². The summed E-state index contributed by atoms with van der Waals surface area (Å²) in [5, 5.41) is 0.149. The SMILES string of the molecule is Cn1c(=O)n([C@@H]2CCOC2)c2nc(Cl)ncc21. The van der Waals surface area contributed by atoms with E-state index in [0.29, 0.717) is 24.4 Å². The first-order chi connectivity index (χ1) is 8.18. The average Bonchev–Trinajstić information content (AvgIpc) is 2.88. The van der Waals surface area contributed by atoms with E-state index in [9.17, 15) is 4.79 Å². The largest absolute Gasteiger partial charge is 0.379 e. The van der Waals surface area contributed by atoms with Gasteiger partial charge in [0.1, 0.15) is 5.52 Å². The Morgan fingerprint density at radius 3 is 3.12 bits per heavy atom. The lowest BCUT2D eigenvalue weighted by molar-refractivity contribution is 0.186. The third kappa shape index (κ3) is 1.56. The Morgan fingerprint density at radius 2 is 2.41 bits per heavy atom. The molecule has 0 amide bonds. The molecule has 1 atom stereocenters. The van der Waals surface area contributed by atoms with Crippen LogP contribution < -0.4 is 5.69 Å². The molecule has 3 rings (SSSR count). The average molecular weight is 255 g/mol. The van der Waals surface area contributed by atoms with Crippen LogP contribution in [0.5, 0.6) is 0 Å². The van der Waals surface area contributed by atoms with E-state index in [1.54, 1.807) is 17.8 Å². The van der Waals surface area contributed by atoms with Crippen LogP contribution >= 0.6 is 11.6 Å². The quantitative estimate of drug-likeness (QED) is 0.705. The van der Waals surface area contributed by atoms with Gasteiger partial charge in [0.25, 0.3) is 0 Å². The third-order valence-corrected chi connectivity index (χ3v) is 3.26.